The highest BCUT2D eigenvalue weighted by atomic mass is 28.4. The topological polar surface area (TPSA) is 12.9 Å². The summed E-state index contributed by atoms with van der Waals surface area (Å²) < 4.78 is 25.9. The summed E-state index contributed by atoms with van der Waals surface area (Å²) in [4.78, 5) is 3.63. The molecule has 0 radical (unpaired) electrons. The van der Waals surface area contributed by atoms with Gasteiger partial charge in [0.05, 0.1) is 5.32 Å². The molecule has 0 amide bonds. The maximum absolute atomic E-state index is 13.0. The van der Waals surface area contributed by atoms with Crippen molar-refractivity contribution in [1.29, 1.82) is 0 Å². The highest BCUT2D eigenvalue weighted by molar-refractivity contribution is 6.79. The predicted octanol–water partition coefficient (Wildman–Crippen LogP) is 1.69. The van der Waals surface area contributed by atoms with Crippen LogP contribution in [0.1, 0.15) is 6.92 Å². The largest absolute Gasteiger partial charge is 0.472 e. The van der Waals surface area contributed by atoms with Crippen LogP contribution >= 0.6 is 0 Å². The number of rotatable bonds is 2. The van der Waals surface area contributed by atoms with Crippen LogP contribution in [0.25, 0.3) is 0 Å². The lowest BCUT2D eigenvalue weighted by atomic mass is 10.5. The van der Waals surface area contributed by atoms with E-state index in [0.717, 1.165) is 0 Å². The highest BCUT2D eigenvalue weighted by Crippen LogP contribution is 2.10. The Morgan fingerprint density at radius 3 is 2.64 bits per heavy atom. The van der Waals surface area contributed by atoms with Crippen molar-refractivity contribution in [2.45, 2.75) is 13.0 Å². The summed E-state index contributed by atoms with van der Waals surface area (Å²) in [5.41, 5.74) is 0. The molecule has 0 aliphatic heterocycles. The highest BCUT2D eigenvalue weighted by Gasteiger charge is 2.36. The second-order valence-corrected chi connectivity index (χ2v) is 4.90. The van der Waals surface area contributed by atoms with Gasteiger partial charge in [-0.25, -0.2) is 0 Å². The third kappa shape index (κ3) is 1.83. The van der Waals surface area contributed by atoms with Crippen LogP contribution in [0, 0.1) is 0 Å². The minimum absolute atomic E-state index is 0.0116. The molecule has 0 aliphatic carbocycles. The molecule has 1 aromatic heterocycles. The van der Waals surface area contributed by atoms with Crippen LogP contribution in [-0.4, -0.2) is 13.7 Å². The van der Waals surface area contributed by atoms with Gasteiger partial charge in [0.2, 0.25) is 0 Å². The molecule has 1 heterocycles. The molecule has 0 N–H and O–H groups in total. The summed E-state index contributed by atoms with van der Waals surface area (Å²) in [5, 5.41) is -0.0116. The Balaban J connectivity index is 2.93. The average Bonchev–Trinajstić information content (AvgIpc) is 2.06. The van der Waals surface area contributed by atoms with Crippen LogP contribution in [-0.2, 0) is 0 Å². The first kappa shape index (κ1) is 8.32. The van der Waals surface area contributed by atoms with E-state index in [9.17, 15) is 8.22 Å². The van der Waals surface area contributed by atoms with Crippen molar-refractivity contribution in [3.8, 4) is 0 Å². The zero-order chi connectivity index (χ0) is 8.32. The molecule has 0 aliphatic rings. The van der Waals surface area contributed by atoms with Gasteiger partial charge in [-0.05, 0) is 12.1 Å². The molecular formula is C7H9F2NSi. The Bertz CT molecular complexity index is 225. The number of aromatic nitrogens is 1. The number of pyridine rings is 1. The van der Waals surface area contributed by atoms with Crippen molar-refractivity contribution in [2.75, 3.05) is 0 Å². The fourth-order valence-electron chi connectivity index (χ4n) is 0.760. The van der Waals surface area contributed by atoms with Gasteiger partial charge in [-0.2, -0.15) is 0 Å². The summed E-state index contributed by atoms with van der Waals surface area (Å²) in [6.45, 7) is 1.50. The van der Waals surface area contributed by atoms with Gasteiger partial charge in [-0.3, -0.25) is 13.2 Å². The van der Waals surface area contributed by atoms with Gasteiger partial charge in [0.1, 0.15) is 0 Å². The minimum atomic E-state index is -4.16. The van der Waals surface area contributed by atoms with Crippen LogP contribution in [0.5, 0.6) is 0 Å². The van der Waals surface area contributed by atoms with Gasteiger partial charge in [-0.1, -0.05) is 13.0 Å². The van der Waals surface area contributed by atoms with E-state index >= 15 is 0 Å². The summed E-state index contributed by atoms with van der Waals surface area (Å²) in [6.07, 6.45) is 1.41. The van der Waals surface area contributed by atoms with E-state index in [1.807, 2.05) is 0 Å². The predicted molar refractivity (Wildman–Crippen MR) is 42.3 cm³/mol. The maximum atomic E-state index is 13.0. The molecule has 0 bridgehead atoms. The molecule has 0 fully saturated rings. The van der Waals surface area contributed by atoms with Crippen molar-refractivity contribution in [3.63, 3.8) is 0 Å². The van der Waals surface area contributed by atoms with Crippen molar-refractivity contribution in [3.05, 3.63) is 24.4 Å². The Morgan fingerprint density at radius 1 is 1.45 bits per heavy atom. The van der Waals surface area contributed by atoms with E-state index in [1.54, 1.807) is 12.1 Å². The lowest BCUT2D eigenvalue weighted by molar-refractivity contribution is 0.622. The Hall–Kier alpha value is -0.773. The molecule has 0 saturated carbocycles. The first-order valence-electron chi connectivity index (χ1n) is 3.46. The monoisotopic (exact) mass is 173 g/mol. The van der Waals surface area contributed by atoms with Crippen molar-refractivity contribution in [2.24, 2.45) is 0 Å². The molecule has 11 heavy (non-hydrogen) atoms. The smallest absolute Gasteiger partial charge is 0.263 e. The first-order valence-corrected chi connectivity index (χ1v) is 5.42. The normalized spacial score (nSPS) is 11.5. The molecule has 1 rings (SSSR count). The molecule has 0 spiro atoms. The molecule has 0 aromatic carbocycles. The third-order valence-corrected chi connectivity index (χ3v) is 3.42. The summed E-state index contributed by atoms with van der Waals surface area (Å²) >= 11 is 0. The summed E-state index contributed by atoms with van der Waals surface area (Å²) in [6, 6.07) is 4.57. The molecule has 1 nitrogen and oxygen atoms in total. The number of halogens is 2. The SMILES string of the molecule is CC[Si](F)(F)c1ccccn1. The molecular weight excluding hydrogens is 164 g/mol. The van der Waals surface area contributed by atoms with Crippen LogP contribution in [0.3, 0.4) is 0 Å². The van der Waals surface area contributed by atoms with Crippen molar-refractivity contribution in [1.82, 2.24) is 4.98 Å². The summed E-state index contributed by atoms with van der Waals surface area (Å²) in [7, 11) is -4.16. The van der Waals surface area contributed by atoms with Gasteiger partial charge in [0, 0.05) is 12.2 Å². The Kier molecular flexibility index (Phi) is 2.33. The molecule has 0 saturated heterocycles. The lowest BCUT2D eigenvalue weighted by Gasteiger charge is -2.07. The lowest BCUT2D eigenvalue weighted by Crippen LogP contribution is -2.39. The fourth-order valence-corrected chi connectivity index (χ4v) is 1.73. The van der Waals surface area contributed by atoms with Gasteiger partial charge in [0.15, 0.2) is 0 Å². The number of hydrogen-bond donors (Lipinski definition) is 0. The average molecular weight is 173 g/mol. The van der Waals surface area contributed by atoms with Crippen LogP contribution in [0.2, 0.25) is 6.04 Å². The van der Waals surface area contributed by atoms with E-state index < -0.39 is 8.74 Å². The standard InChI is InChI=1S/C7H9F2NSi/c1-2-11(8,9)7-5-3-4-6-10-7/h3-6H,2H2,1H3. The van der Waals surface area contributed by atoms with Crippen molar-refractivity contribution < 1.29 is 8.22 Å². The molecule has 1 aromatic rings. The molecule has 0 atom stereocenters. The van der Waals surface area contributed by atoms with E-state index in [4.69, 9.17) is 0 Å². The zero-order valence-electron chi connectivity index (χ0n) is 6.22. The first-order chi connectivity index (χ1) is 5.17. The van der Waals surface area contributed by atoms with Gasteiger partial charge < -0.3 is 0 Å². The van der Waals surface area contributed by atoms with E-state index in [-0.39, 0.29) is 11.4 Å². The van der Waals surface area contributed by atoms with Gasteiger partial charge >= 0.3 is 8.74 Å². The minimum Gasteiger partial charge on any atom is -0.263 e. The third-order valence-electron chi connectivity index (χ3n) is 1.48. The van der Waals surface area contributed by atoms with Gasteiger partial charge in [-0.15, -0.1) is 0 Å². The van der Waals surface area contributed by atoms with E-state index in [0.29, 0.717) is 0 Å². The zero-order valence-corrected chi connectivity index (χ0v) is 7.22. The van der Waals surface area contributed by atoms with Gasteiger partial charge in [0.25, 0.3) is 0 Å². The second kappa shape index (κ2) is 3.09. The molecule has 4 heteroatoms. The van der Waals surface area contributed by atoms with Crippen LogP contribution in [0.4, 0.5) is 8.22 Å². The number of hydrogen-bond acceptors (Lipinski definition) is 1. The fraction of sp³-hybridized carbons (Fsp3) is 0.286. The molecule has 0 unspecified atom stereocenters. The van der Waals surface area contributed by atoms with E-state index in [2.05, 4.69) is 4.98 Å². The van der Waals surface area contributed by atoms with Crippen molar-refractivity contribution >= 4 is 14.1 Å². The van der Waals surface area contributed by atoms with E-state index in [1.165, 1.54) is 19.2 Å². The number of nitrogens with zero attached hydrogens (tertiary/aromatic N) is 1. The summed E-state index contributed by atoms with van der Waals surface area (Å²) in [5.74, 6) is 0. The second-order valence-electron chi connectivity index (χ2n) is 2.27. The Labute approximate surface area is 65.4 Å². The molecule has 60 valence electrons. The van der Waals surface area contributed by atoms with Crippen LogP contribution in [0.15, 0.2) is 24.4 Å². The Morgan fingerprint density at radius 2 is 2.18 bits per heavy atom. The van der Waals surface area contributed by atoms with Crippen LogP contribution < -0.4 is 5.32 Å². The maximum Gasteiger partial charge on any atom is 0.472 e. The quantitative estimate of drug-likeness (QED) is 0.490.